The van der Waals surface area contributed by atoms with Crippen LogP contribution in [-0.4, -0.2) is 47.8 Å². The molecular weight excluding hydrogens is 289 g/mol. The molecule has 2 amide bonds. The molecular formula is C13H17F3N2O3. The zero-order valence-corrected chi connectivity index (χ0v) is 11.4. The summed E-state index contributed by atoms with van der Waals surface area (Å²) < 4.78 is 37.4. The van der Waals surface area contributed by atoms with Crippen LogP contribution in [-0.2, 0) is 4.79 Å². The quantitative estimate of drug-likeness (QED) is 0.785. The summed E-state index contributed by atoms with van der Waals surface area (Å²) in [4.78, 5) is 24.3. The number of nitrogens with one attached hydrogen (secondary N) is 1. The molecule has 0 aromatic heterocycles. The number of rotatable bonds is 3. The average molecular weight is 306 g/mol. The second kappa shape index (κ2) is 5.57. The second-order valence-electron chi connectivity index (χ2n) is 5.52. The van der Waals surface area contributed by atoms with Gasteiger partial charge in [0.15, 0.2) is 0 Å². The topological polar surface area (TPSA) is 69.6 Å². The van der Waals surface area contributed by atoms with E-state index in [9.17, 15) is 22.8 Å². The zero-order chi connectivity index (χ0) is 15.7. The van der Waals surface area contributed by atoms with E-state index in [1.165, 1.54) is 4.90 Å². The van der Waals surface area contributed by atoms with E-state index in [0.717, 1.165) is 12.5 Å². The van der Waals surface area contributed by atoms with Gasteiger partial charge < -0.3 is 15.3 Å². The number of nitrogens with zero attached hydrogens (tertiary/aromatic N) is 1. The molecule has 0 atom stereocenters. The Morgan fingerprint density at radius 1 is 1.38 bits per heavy atom. The number of aliphatic carboxylic acids is 1. The Hall–Kier alpha value is -1.73. The first-order valence-corrected chi connectivity index (χ1v) is 6.77. The molecule has 1 heterocycles. The van der Waals surface area contributed by atoms with Crippen molar-refractivity contribution in [2.24, 2.45) is 5.41 Å². The lowest BCUT2D eigenvalue weighted by molar-refractivity contribution is -0.153. The fourth-order valence-electron chi connectivity index (χ4n) is 2.54. The van der Waals surface area contributed by atoms with Crippen LogP contribution in [0.25, 0.3) is 0 Å². The van der Waals surface area contributed by atoms with Crippen molar-refractivity contribution in [1.82, 2.24) is 10.2 Å². The van der Waals surface area contributed by atoms with Crippen molar-refractivity contribution < 1.29 is 27.9 Å². The monoisotopic (exact) mass is 306 g/mol. The van der Waals surface area contributed by atoms with Crippen molar-refractivity contribution in [3.8, 4) is 0 Å². The molecule has 8 heteroatoms. The number of carbonyl (C=O) groups is 2. The standard InChI is InChI=1S/C13H17F3N2O3/c14-13(15,16)9-2-6-18(7-3-9)11(21)17-8-12(10(19)20)4-1-5-12/h2H,1,3-8H2,(H,17,21)(H,19,20). The van der Waals surface area contributed by atoms with Gasteiger partial charge in [0, 0.05) is 25.2 Å². The van der Waals surface area contributed by atoms with Crippen molar-refractivity contribution in [2.45, 2.75) is 31.9 Å². The average Bonchev–Trinajstić information content (AvgIpc) is 2.36. The van der Waals surface area contributed by atoms with Gasteiger partial charge in [0.1, 0.15) is 0 Å². The summed E-state index contributed by atoms with van der Waals surface area (Å²) in [6.45, 7) is -0.106. The summed E-state index contributed by atoms with van der Waals surface area (Å²) in [7, 11) is 0. The molecule has 1 aliphatic heterocycles. The first kappa shape index (κ1) is 15.7. The number of alkyl halides is 3. The zero-order valence-electron chi connectivity index (χ0n) is 11.4. The molecule has 0 aromatic rings. The van der Waals surface area contributed by atoms with Crippen molar-refractivity contribution in [2.75, 3.05) is 19.6 Å². The summed E-state index contributed by atoms with van der Waals surface area (Å²) in [5.74, 6) is -0.938. The van der Waals surface area contributed by atoms with Crippen LogP contribution in [0.2, 0.25) is 0 Å². The smallest absolute Gasteiger partial charge is 0.412 e. The lowest BCUT2D eigenvalue weighted by Crippen LogP contribution is -2.51. The third kappa shape index (κ3) is 3.30. The Labute approximate surface area is 119 Å². The Kier molecular flexibility index (Phi) is 4.15. The van der Waals surface area contributed by atoms with Crippen LogP contribution >= 0.6 is 0 Å². The molecule has 21 heavy (non-hydrogen) atoms. The van der Waals surface area contributed by atoms with E-state index in [4.69, 9.17) is 5.11 Å². The second-order valence-corrected chi connectivity index (χ2v) is 5.52. The van der Waals surface area contributed by atoms with Crippen LogP contribution in [0.15, 0.2) is 11.6 Å². The molecule has 0 bridgehead atoms. The van der Waals surface area contributed by atoms with E-state index < -0.39 is 29.2 Å². The molecule has 1 fully saturated rings. The molecule has 0 aromatic carbocycles. The summed E-state index contributed by atoms with van der Waals surface area (Å²) in [6.07, 6.45) is -1.74. The van der Waals surface area contributed by atoms with Gasteiger partial charge in [-0.2, -0.15) is 13.2 Å². The van der Waals surface area contributed by atoms with Gasteiger partial charge in [0.25, 0.3) is 0 Å². The van der Waals surface area contributed by atoms with Crippen LogP contribution in [0.5, 0.6) is 0 Å². The number of halogens is 3. The predicted molar refractivity (Wildman–Crippen MR) is 67.6 cm³/mol. The molecule has 0 saturated heterocycles. The minimum atomic E-state index is -4.35. The highest BCUT2D eigenvalue weighted by molar-refractivity contribution is 5.79. The molecule has 5 nitrogen and oxygen atoms in total. The SMILES string of the molecule is O=C(NCC1(C(=O)O)CCC1)N1CC=C(C(F)(F)F)CC1. The van der Waals surface area contributed by atoms with E-state index in [1.807, 2.05) is 0 Å². The number of hydrogen-bond acceptors (Lipinski definition) is 2. The number of amides is 2. The maximum absolute atomic E-state index is 12.5. The summed E-state index contributed by atoms with van der Waals surface area (Å²) >= 11 is 0. The Morgan fingerprint density at radius 3 is 2.43 bits per heavy atom. The van der Waals surface area contributed by atoms with Crippen molar-refractivity contribution >= 4 is 12.0 Å². The maximum atomic E-state index is 12.5. The highest BCUT2D eigenvalue weighted by Crippen LogP contribution is 2.40. The number of carboxylic acids is 1. The molecule has 0 unspecified atom stereocenters. The maximum Gasteiger partial charge on any atom is 0.412 e. The van der Waals surface area contributed by atoms with Gasteiger partial charge in [-0.3, -0.25) is 4.79 Å². The minimum absolute atomic E-state index is 0.0166. The Bertz CT molecular complexity index is 470. The number of carboxylic acid groups (broad SMARTS) is 1. The Balaban J connectivity index is 1.86. The Morgan fingerprint density at radius 2 is 2.05 bits per heavy atom. The summed E-state index contributed by atoms with van der Waals surface area (Å²) in [5, 5.41) is 11.7. The van der Waals surface area contributed by atoms with Gasteiger partial charge >= 0.3 is 18.2 Å². The fraction of sp³-hybridized carbons (Fsp3) is 0.692. The first-order valence-electron chi connectivity index (χ1n) is 6.77. The predicted octanol–water partition coefficient (Wildman–Crippen LogP) is 2.15. The lowest BCUT2D eigenvalue weighted by atomic mass is 9.69. The fourth-order valence-corrected chi connectivity index (χ4v) is 2.54. The van der Waals surface area contributed by atoms with E-state index in [-0.39, 0.29) is 26.1 Å². The van der Waals surface area contributed by atoms with E-state index >= 15 is 0 Å². The van der Waals surface area contributed by atoms with Gasteiger partial charge in [0.05, 0.1) is 5.41 Å². The number of carbonyl (C=O) groups excluding carboxylic acids is 1. The largest absolute Gasteiger partial charge is 0.481 e. The van der Waals surface area contributed by atoms with Gasteiger partial charge in [0.2, 0.25) is 0 Å². The molecule has 0 spiro atoms. The molecule has 1 aliphatic carbocycles. The summed E-state index contributed by atoms with van der Waals surface area (Å²) in [6, 6.07) is -0.514. The van der Waals surface area contributed by atoms with E-state index in [2.05, 4.69) is 5.32 Å². The van der Waals surface area contributed by atoms with Crippen molar-refractivity contribution in [3.05, 3.63) is 11.6 Å². The molecule has 0 radical (unpaired) electrons. The van der Waals surface area contributed by atoms with Crippen LogP contribution in [0.4, 0.5) is 18.0 Å². The third-order valence-electron chi connectivity index (χ3n) is 4.20. The van der Waals surface area contributed by atoms with Crippen LogP contribution in [0, 0.1) is 5.41 Å². The van der Waals surface area contributed by atoms with Crippen LogP contribution < -0.4 is 5.32 Å². The van der Waals surface area contributed by atoms with Gasteiger partial charge in [-0.15, -0.1) is 0 Å². The molecule has 1 saturated carbocycles. The molecule has 2 aliphatic rings. The minimum Gasteiger partial charge on any atom is -0.481 e. The van der Waals surface area contributed by atoms with Crippen molar-refractivity contribution in [1.29, 1.82) is 0 Å². The summed E-state index contributed by atoms with van der Waals surface area (Å²) in [5.41, 5.74) is -1.52. The van der Waals surface area contributed by atoms with E-state index in [1.54, 1.807) is 0 Å². The van der Waals surface area contributed by atoms with Gasteiger partial charge in [-0.05, 0) is 19.3 Å². The van der Waals surface area contributed by atoms with Gasteiger partial charge in [-0.25, -0.2) is 4.79 Å². The highest BCUT2D eigenvalue weighted by Gasteiger charge is 2.44. The van der Waals surface area contributed by atoms with Crippen LogP contribution in [0.3, 0.4) is 0 Å². The van der Waals surface area contributed by atoms with Crippen LogP contribution in [0.1, 0.15) is 25.7 Å². The van der Waals surface area contributed by atoms with E-state index in [0.29, 0.717) is 12.8 Å². The van der Waals surface area contributed by atoms with Gasteiger partial charge in [-0.1, -0.05) is 12.5 Å². The first-order chi connectivity index (χ1) is 9.74. The molecule has 2 rings (SSSR count). The van der Waals surface area contributed by atoms with Crippen molar-refractivity contribution in [3.63, 3.8) is 0 Å². The molecule has 2 N–H and O–H groups in total. The molecule has 118 valence electrons. The normalized spacial score (nSPS) is 21.3. The number of hydrogen-bond donors (Lipinski definition) is 2. The highest BCUT2D eigenvalue weighted by atomic mass is 19.4. The lowest BCUT2D eigenvalue weighted by Gasteiger charge is -2.38. The third-order valence-corrected chi connectivity index (χ3v) is 4.20. The number of urea groups is 1.